The van der Waals surface area contributed by atoms with Gasteiger partial charge in [0.05, 0.1) is 66.9 Å². The van der Waals surface area contributed by atoms with Gasteiger partial charge in [-0.3, -0.25) is 0 Å². The van der Waals surface area contributed by atoms with Gasteiger partial charge in [-0.1, -0.05) is 145 Å². The van der Waals surface area contributed by atoms with Crippen molar-refractivity contribution in [3.05, 3.63) is 107 Å². The maximum Gasteiger partial charge on any atom is 0.335 e. The molecule has 2 aromatic rings. The minimum Gasteiger partial charge on any atom is -0.462 e. The number of hydrogen-bond donors (Lipinski definition) is 2. The first-order valence-corrected chi connectivity index (χ1v) is 27.1. The van der Waals surface area contributed by atoms with Crippen LogP contribution in [0, 0.1) is 53.4 Å². The Balaban J connectivity index is 0.000000605. The second-order valence-corrected chi connectivity index (χ2v) is 26.8. The van der Waals surface area contributed by atoms with E-state index >= 15 is 0 Å². The van der Waals surface area contributed by atoms with Crippen molar-refractivity contribution in [2.75, 3.05) is 39.6 Å². The van der Waals surface area contributed by atoms with Crippen molar-refractivity contribution >= 4 is 50.4 Å². The van der Waals surface area contributed by atoms with Crippen molar-refractivity contribution in [1.29, 1.82) is 0 Å². The highest BCUT2D eigenvalue weighted by atomic mass is 28.3. The molecular weight excluding hydrogens is 793 g/mol. The van der Waals surface area contributed by atoms with Crippen molar-refractivity contribution < 1.29 is 48.3 Å². The summed E-state index contributed by atoms with van der Waals surface area (Å²) in [6, 6.07) is 11.2. The molecule has 0 amide bonds. The molecule has 332 valence electrons. The topological polar surface area (TPSA) is 146 Å². The van der Waals surface area contributed by atoms with Crippen LogP contribution in [0.15, 0.2) is 73.9 Å². The number of aryl methyl sites for hydroxylation is 6. The quantitative estimate of drug-likeness (QED) is 0.0472. The summed E-state index contributed by atoms with van der Waals surface area (Å²) >= 11 is 0. The number of carbonyl (C=O) groups is 4. The minimum atomic E-state index is -1.71. The number of benzene rings is 2. The van der Waals surface area contributed by atoms with E-state index in [4.69, 9.17) is 29.2 Å². The fourth-order valence-corrected chi connectivity index (χ4v) is 15.3. The lowest BCUT2D eigenvalue weighted by Gasteiger charge is -2.28. The number of aliphatic hydroxyl groups is 2. The number of aliphatic hydroxyl groups excluding tert-OH is 2. The van der Waals surface area contributed by atoms with Crippen LogP contribution in [0.1, 0.15) is 59.1 Å². The molecule has 2 N–H and O–H groups in total. The summed E-state index contributed by atoms with van der Waals surface area (Å²) in [6.45, 7) is 35.9. The standard InChI is InChI=1S/C25H38O6Si.C23H34O4Si/c1-17-11-18(2)23(19(3)12-17)32(6,7)10-8-9-22(15-30-24(28)20(4)13-26)16-31-25(29)21(5)14-27;1-8-21(24)26-15-20(16-27-22(25)9-2)11-10-12-28(6,7)23-18(4)13-17(3)14-19(23)5/h11-12,22,26-27H,4-5,8-10,13-16H2,1-3,6-7H3;8-9,13-14,20H,1-2,10-12,15-16H2,3-7H3. The zero-order chi connectivity index (χ0) is 45.8. The Hall–Kier alpha value is -4.37. The van der Waals surface area contributed by atoms with Crippen LogP contribution in [0.3, 0.4) is 0 Å². The fraction of sp³-hybridized carbons (Fsp3) is 0.500. The van der Waals surface area contributed by atoms with Gasteiger partial charge < -0.3 is 29.2 Å². The summed E-state index contributed by atoms with van der Waals surface area (Å²) in [5.41, 5.74) is 7.97. The first kappa shape index (κ1) is 53.7. The van der Waals surface area contributed by atoms with E-state index in [1.807, 2.05) is 0 Å². The van der Waals surface area contributed by atoms with Gasteiger partial charge in [0, 0.05) is 24.0 Å². The summed E-state index contributed by atoms with van der Waals surface area (Å²) in [4.78, 5) is 46.5. The molecule has 0 spiro atoms. The Morgan fingerprint density at radius 2 is 0.850 bits per heavy atom. The van der Waals surface area contributed by atoms with Gasteiger partial charge in [-0.2, -0.15) is 0 Å². The normalized spacial score (nSPS) is 11.3. The molecule has 0 unspecified atom stereocenters. The molecule has 0 heterocycles. The zero-order valence-electron chi connectivity index (χ0n) is 38.1. The van der Waals surface area contributed by atoms with Gasteiger partial charge in [0.1, 0.15) is 0 Å². The highest BCUT2D eigenvalue weighted by Gasteiger charge is 2.29. The highest BCUT2D eigenvalue weighted by Crippen LogP contribution is 2.23. The Kier molecular flexibility index (Phi) is 23.3. The SMILES string of the molecule is C=C(CO)C(=O)OCC(CCC[Si](C)(C)c1c(C)cc(C)cc1C)COC(=O)C(=C)CO.C=CC(=O)OCC(CCC[Si](C)(C)c1c(C)cc(C)cc1C)COC(=O)C=C. The number of rotatable bonds is 24. The molecule has 0 aliphatic rings. The van der Waals surface area contributed by atoms with Crippen LogP contribution in [-0.2, 0) is 38.1 Å². The van der Waals surface area contributed by atoms with Crippen LogP contribution >= 0.6 is 0 Å². The van der Waals surface area contributed by atoms with Crippen LogP contribution in [0.2, 0.25) is 38.3 Å². The summed E-state index contributed by atoms with van der Waals surface area (Å²) < 4.78 is 20.8. The Morgan fingerprint density at radius 1 is 0.567 bits per heavy atom. The van der Waals surface area contributed by atoms with E-state index in [-0.39, 0.29) is 49.4 Å². The van der Waals surface area contributed by atoms with Gasteiger partial charge in [-0.15, -0.1) is 0 Å². The number of hydrogen-bond acceptors (Lipinski definition) is 10. The first-order chi connectivity index (χ1) is 28.0. The van der Waals surface area contributed by atoms with Crippen molar-refractivity contribution in [1.82, 2.24) is 0 Å². The molecule has 0 aliphatic heterocycles. The van der Waals surface area contributed by atoms with E-state index in [2.05, 4.69) is 118 Å². The molecule has 60 heavy (non-hydrogen) atoms. The molecule has 10 nitrogen and oxygen atoms in total. The van der Waals surface area contributed by atoms with Gasteiger partial charge in [0.2, 0.25) is 0 Å². The van der Waals surface area contributed by atoms with E-state index in [1.165, 1.54) is 43.8 Å². The fourth-order valence-electron chi connectivity index (χ4n) is 8.08. The van der Waals surface area contributed by atoms with Crippen molar-refractivity contribution in [3.63, 3.8) is 0 Å². The second kappa shape index (κ2) is 26.1. The van der Waals surface area contributed by atoms with Gasteiger partial charge in [-0.25, -0.2) is 19.2 Å². The average molecular weight is 865 g/mol. The third-order valence-electron chi connectivity index (χ3n) is 10.7. The van der Waals surface area contributed by atoms with E-state index in [0.29, 0.717) is 6.42 Å². The largest absolute Gasteiger partial charge is 0.462 e. The summed E-state index contributed by atoms with van der Waals surface area (Å²) in [5.74, 6) is -2.47. The lowest BCUT2D eigenvalue weighted by molar-refractivity contribution is -0.146. The zero-order valence-corrected chi connectivity index (χ0v) is 40.1. The third-order valence-corrected chi connectivity index (χ3v) is 18.1. The molecule has 0 atom stereocenters. The van der Waals surface area contributed by atoms with E-state index in [0.717, 1.165) is 43.5 Å². The summed E-state index contributed by atoms with van der Waals surface area (Å²) in [5, 5.41) is 21.1. The number of esters is 4. The summed E-state index contributed by atoms with van der Waals surface area (Å²) in [7, 11) is -3.31. The van der Waals surface area contributed by atoms with Crippen LogP contribution in [0.5, 0.6) is 0 Å². The number of ether oxygens (including phenoxy) is 4. The van der Waals surface area contributed by atoms with E-state index < -0.39 is 53.2 Å². The molecule has 0 bridgehead atoms. The predicted molar refractivity (Wildman–Crippen MR) is 247 cm³/mol. The molecule has 12 heteroatoms. The van der Waals surface area contributed by atoms with Crippen LogP contribution in [-0.4, -0.2) is 89.9 Å². The van der Waals surface area contributed by atoms with Crippen LogP contribution < -0.4 is 10.4 Å². The van der Waals surface area contributed by atoms with Crippen LogP contribution in [0.25, 0.3) is 0 Å². The highest BCUT2D eigenvalue weighted by molar-refractivity contribution is 6.90. The molecular formula is C48H72O10Si2. The molecule has 2 aromatic carbocycles. The van der Waals surface area contributed by atoms with Gasteiger partial charge in [-0.05, 0) is 54.4 Å². The molecule has 0 aliphatic carbocycles. The Labute approximate surface area is 361 Å². The van der Waals surface area contributed by atoms with Crippen molar-refractivity contribution in [2.24, 2.45) is 11.8 Å². The lowest BCUT2D eigenvalue weighted by atomic mass is 10.1. The minimum absolute atomic E-state index is 0.0201. The van der Waals surface area contributed by atoms with Gasteiger partial charge in [0.25, 0.3) is 0 Å². The Bertz CT molecular complexity index is 1720. The Morgan fingerprint density at radius 3 is 1.12 bits per heavy atom. The molecule has 0 saturated carbocycles. The monoisotopic (exact) mass is 864 g/mol. The average Bonchev–Trinajstić information content (AvgIpc) is 3.17. The third kappa shape index (κ3) is 18.5. The molecule has 0 radical (unpaired) electrons. The van der Waals surface area contributed by atoms with Crippen molar-refractivity contribution in [2.45, 2.75) is 106 Å². The van der Waals surface area contributed by atoms with Crippen molar-refractivity contribution in [3.8, 4) is 0 Å². The van der Waals surface area contributed by atoms with Crippen LogP contribution in [0.4, 0.5) is 0 Å². The summed E-state index contributed by atoms with van der Waals surface area (Å²) in [6.07, 6.45) is 5.71. The molecule has 0 aromatic heterocycles. The van der Waals surface area contributed by atoms with E-state index in [9.17, 15) is 19.2 Å². The first-order valence-electron chi connectivity index (χ1n) is 20.7. The van der Waals surface area contributed by atoms with E-state index in [1.54, 1.807) is 0 Å². The maximum atomic E-state index is 11.9. The molecule has 0 fully saturated rings. The van der Waals surface area contributed by atoms with Gasteiger partial charge in [0.15, 0.2) is 0 Å². The predicted octanol–water partition coefficient (Wildman–Crippen LogP) is 7.49. The molecule has 0 saturated heterocycles. The lowest BCUT2D eigenvalue weighted by Crippen LogP contribution is -2.44. The van der Waals surface area contributed by atoms with Gasteiger partial charge >= 0.3 is 23.9 Å². The second-order valence-electron chi connectivity index (χ2n) is 17.2. The number of carbonyl (C=O) groups excluding carboxylic acids is 4. The maximum absolute atomic E-state index is 11.9. The smallest absolute Gasteiger partial charge is 0.335 e. The molecule has 2 rings (SSSR count).